The smallest absolute Gasteiger partial charge is 0.408 e. The largest absolute Gasteiger partial charge is 0.497 e. The van der Waals surface area contributed by atoms with Crippen molar-refractivity contribution in [1.82, 2.24) is 20.2 Å². The summed E-state index contributed by atoms with van der Waals surface area (Å²) in [5, 5.41) is 2.97. The van der Waals surface area contributed by atoms with Crippen LogP contribution in [0, 0.1) is 11.3 Å². The molecule has 5 rings (SSSR count). The normalized spacial score (nSPS) is 27.5. The summed E-state index contributed by atoms with van der Waals surface area (Å²) in [5.41, 5.74) is 0.883. The Bertz CT molecular complexity index is 1470. The number of hydrogen-bond donors (Lipinski definition) is 1. The van der Waals surface area contributed by atoms with Crippen molar-refractivity contribution in [3.05, 3.63) is 23.9 Å². The van der Waals surface area contributed by atoms with Gasteiger partial charge in [0.2, 0.25) is 11.8 Å². The maximum absolute atomic E-state index is 14.7. The number of hydrogen-bond acceptors (Lipinski definition) is 9. The summed E-state index contributed by atoms with van der Waals surface area (Å²) in [6.45, 7) is 11.4. The van der Waals surface area contributed by atoms with Crippen LogP contribution in [-0.4, -0.2) is 76.4 Å². The summed E-state index contributed by atoms with van der Waals surface area (Å²) < 4.78 is 23.8. The molecule has 0 radical (unpaired) electrons. The van der Waals surface area contributed by atoms with Gasteiger partial charge in [-0.15, -0.1) is 0 Å². The van der Waals surface area contributed by atoms with Crippen molar-refractivity contribution in [2.24, 2.45) is 11.3 Å². The van der Waals surface area contributed by atoms with Crippen molar-refractivity contribution >= 4 is 29.0 Å². The molecule has 48 heavy (non-hydrogen) atoms. The van der Waals surface area contributed by atoms with E-state index in [4.69, 9.17) is 28.9 Å². The molecule has 0 unspecified atom stereocenters. The van der Waals surface area contributed by atoms with Crippen molar-refractivity contribution in [2.45, 2.75) is 142 Å². The predicted octanol–water partition coefficient (Wildman–Crippen LogP) is 6.53. The molecular weight excluding hydrogens is 612 g/mol. The number of rotatable bonds is 3. The molecule has 3 aliphatic rings. The Morgan fingerprint density at radius 3 is 2.40 bits per heavy atom. The second kappa shape index (κ2) is 14.9. The highest BCUT2D eigenvalue weighted by Gasteiger charge is 2.53. The van der Waals surface area contributed by atoms with Crippen LogP contribution in [0.3, 0.4) is 0 Å². The van der Waals surface area contributed by atoms with E-state index in [2.05, 4.69) is 5.32 Å². The summed E-state index contributed by atoms with van der Waals surface area (Å²) >= 11 is 0. The number of nitrogens with zero attached hydrogens (tertiary/aromatic N) is 3. The standard InChI is InChI=1S/C37H54N4O7/c1-23-15-11-9-8-10-12-16-27-32(39-28-21-25(45-7)17-18-26(28)38-27)47-29-22-41(30(24(29)2)34(43)48-36(3,4)5)33(42)31(40-35(44)46-23)37(6)19-13-14-20-37/h17-18,21,23-24,29-31H,8-16,19-20,22H2,1-7H3,(H,40,44)/t23-,24+,29-,30-,31+/m0/s1. The zero-order chi connectivity index (χ0) is 34.6. The summed E-state index contributed by atoms with van der Waals surface area (Å²) in [4.78, 5) is 53.4. The number of benzene rings is 1. The van der Waals surface area contributed by atoms with Gasteiger partial charge in [0.05, 0.1) is 24.7 Å². The maximum atomic E-state index is 14.7. The zero-order valence-corrected chi connectivity index (χ0v) is 29.8. The molecule has 1 aliphatic carbocycles. The molecular formula is C37H54N4O7. The van der Waals surface area contributed by atoms with E-state index in [1.54, 1.807) is 12.0 Å². The van der Waals surface area contributed by atoms with Gasteiger partial charge in [0.25, 0.3) is 0 Å². The van der Waals surface area contributed by atoms with Crippen LogP contribution in [0.15, 0.2) is 18.2 Å². The number of fused-ring (bicyclic) bond motifs is 4. The van der Waals surface area contributed by atoms with Crippen LogP contribution in [0.5, 0.6) is 11.6 Å². The van der Waals surface area contributed by atoms with Crippen LogP contribution >= 0.6 is 0 Å². The number of carbonyl (C=O) groups is 3. The fourth-order valence-corrected chi connectivity index (χ4v) is 7.44. The summed E-state index contributed by atoms with van der Waals surface area (Å²) in [6.07, 6.45) is 8.37. The Morgan fingerprint density at radius 2 is 1.69 bits per heavy atom. The minimum Gasteiger partial charge on any atom is -0.497 e. The Kier molecular flexibility index (Phi) is 11.0. The van der Waals surface area contributed by atoms with Crippen LogP contribution in [0.2, 0.25) is 0 Å². The second-order valence-electron chi connectivity index (χ2n) is 15.3. The van der Waals surface area contributed by atoms with Crippen molar-refractivity contribution in [3.8, 4) is 11.6 Å². The van der Waals surface area contributed by atoms with Gasteiger partial charge in [0.1, 0.15) is 41.3 Å². The first kappa shape index (κ1) is 35.7. The van der Waals surface area contributed by atoms with Gasteiger partial charge in [0.15, 0.2) is 0 Å². The average molecular weight is 667 g/mol. The quantitative estimate of drug-likeness (QED) is 0.363. The van der Waals surface area contributed by atoms with Gasteiger partial charge in [-0.25, -0.2) is 19.6 Å². The van der Waals surface area contributed by atoms with E-state index in [0.717, 1.165) is 75.4 Å². The highest BCUT2D eigenvalue weighted by Crippen LogP contribution is 2.43. The number of cyclic esters (lactones) is 1. The molecule has 264 valence electrons. The Labute approximate surface area is 284 Å². The van der Waals surface area contributed by atoms with Crippen molar-refractivity contribution in [2.75, 3.05) is 13.7 Å². The van der Waals surface area contributed by atoms with Gasteiger partial charge < -0.3 is 29.2 Å². The van der Waals surface area contributed by atoms with E-state index in [1.165, 1.54) is 0 Å². The van der Waals surface area contributed by atoms with Gasteiger partial charge in [-0.1, -0.05) is 46.0 Å². The van der Waals surface area contributed by atoms with Gasteiger partial charge >= 0.3 is 12.1 Å². The fraction of sp³-hybridized carbons (Fsp3) is 0.703. The lowest BCUT2D eigenvalue weighted by Crippen LogP contribution is -2.58. The number of aromatic nitrogens is 2. The molecule has 1 N–H and O–H groups in total. The molecule has 5 atom stereocenters. The highest BCUT2D eigenvalue weighted by atomic mass is 16.6. The van der Waals surface area contributed by atoms with Crippen LogP contribution in [0.4, 0.5) is 4.79 Å². The molecule has 2 bridgehead atoms. The number of nitrogens with one attached hydrogen (secondary N) is 1. The molecule has 2 amide bonds. The van der Waals surface area contributed by atoms with Crippen molar-refractivity contribution in [1.29, 1.82) is 0 Å². The summed E-state index contributed by atoms with van der Waals surface area (Å²) in [7, 11) is 1.61. The lowest BCUT2D eigenvalue weighted by molar-refractivity contribution is -0.165. The van der Waals surface area contributed by atoms with Crippen molar-refractivity contribution in [3.63, 3.8) is 0 Å². The first-order valence-electron chi connectivity index (χ1n) is 17.8. The number of amides is 2. The van der Waals surface area contributed by atoms with Gasteiger partial charge in [-0.05, 0) is 83.8 Å². The predicted molar refractivity (Wildman–Crippen MR) is 182 cm³/mol. The topological polar surface area (TPSA) is 129 Å². The minimum absolute atomic E-state index is 0.126. The molecule has 2 fully saturated rings. The maximum Gasteiger partial charge on any atom is 0.408 e. The number of methoxy groups -OCH3 is 1. The first-order valence-corrected chi connectivity index (χ1v) is 17.8. The lowest BCUT2D eigenvalue weighted by atomic mass is 9.79. The molecule has 11 heteroatoms. The lowest BCUT2D eigenvalue weighted by Gasteiger charge is -2.38. The average Bonchev–Trinajstić information content (AvgIpc) is 3.61. The highest BCUT2D eigenvalue weighted by molar-refractivity contribution is 5.91. The summed E-state index contributed by atoms with van der Waals surface area (Å²) in [6, 6.07) is 3.80. The van der Waals surface area contributed by atoms with E-state index in [-0.39, 0.29) is 18.6 Å². The first-order chi connectivity index (χ1) is 22.8. The van der Waals surface area contributed by atoms with E-state index in [1.807, 2.05) is 59.7 Å². The number of esters is 1. The molecule has 1 saturated carbocycles. The molecule has 3 heterocycles. The fourth-order valence-electron chi connectivity index (χ4n) is 7.44. The van der Waals surface area contributed by atoms with Gasteiger partial charge in [0, 0.05) is 12.0 Å². The molecule has 2 aromatic rings. The number of alkyl carbamates (subject to hydrolysis) is 1. The SMILES string of the molecule is COc1ccc2nc3c(nc2c1)O[C@H]1CN(C(=O)[C@H](C2(C)CCCC2)NC(=O)O[C@@H](C)CCCCCCC3)[C@H](C(=O)OC(C)(C)C)[C@@H]1C. The molecule has 0 spiro atoms. The van der Waals surface area contributed by atoms with Crippen LogP contribution in [0.1, 0.15) is 111 Å². The second-order valence-corrected chi connectivity index (χ2v) is 15.3. The van der Waals surface area contributed by atoms with Gasteiger partial charge in [-0.2, -0.15) is 0 Å². The third-order valence-corrected chi connectivity index (χ3v) is 10.2. The van der Waals surface area contributed by atoms with Gasteiger partial charge in [-0.3, -0.25) is 4.79 Å². The Hall–Kier alpha value is -3.63. The molecule has 1 saturated heterocycles. The zero-order valence-electron chi connectivity index (χ0n) is 29.8. The summed E-state index contributed by atoms with van der Waals surface area (Å²) in [5.74, 6) is -0.203. The van der Waals surface area contributed by atoms with Crippen LogP contribution in [-0.2, 0) is 25.5 Å². The van der Waals surface area contributed by atoms with E-state index in [0.29, 0.717) is 23.6 Å². The monoisotopic (exact) mass is 666 g/mol. The molecule has 11 nitrogen and oxygen atoms in total. The van der Waals surface area contributed by atoms with E-state index >= 15 is 0 Å². The Balaban J connectivity index is 1.55. The van der Waals surface area contributed by atoms with Crippen LogP contribution in [0.25, 0.3) is 11.0 Å². The minimum atomic E-state index is -0.923. The Morgan fingerprint density at radius 1 is 0.979 bits per heavy atom. The molecule has 2 aliphatic heterocycles. The van der Waals surface area contributed by atoms with Crippen LogP contribution < -0.4 is 14.8 Å². The number of carbonyl (C=O) groups excluding carboxylic acids is 3. The van der Waals surface area contributed by atoms with Crippen molar-refractivity contribution < 1.29 is 33.3 Å². The number of aryl methyl sites for hydroxylation is 1. The molecule has 1 aromatic heterocycles. The third-order valence-electron chi connectivity index (χ3n) is 10.2. The number of ether oxygens (including phenoxy) is 4. The molecule has 1 aromatic carbocycles. The third kappa shape index (κ3) is 8.32. The van der Waals surface area contributed by atoms with E-state index in [9.17, 15) is 14.4 Å². The van der Waals surface area contributed by atoms with E-state index < -0.39 is 47.2 Å².